The van der Waals surface area contributed by atoms with E-state index in [1.54, 1.807) is 0 Å². The number of hydrogen-bond donors (Lipinski definition) is 1. The second-order valence-electron chi connectivity index (χ2n) is 4.00. The van der Waals surface area contributed by atoms with Crippen LogP contribution in [0.1, 0.15) is 31.5 Å². The van der Waals surface area contributed by atoms with E-state index in [9.17, 15) is 0 Å². The van der Waals surface area contributed by atoms with Gasteiger partial charge in [-0.2, -0.15) is 4.37 Å². The van der Waals surface area contributed by atoms with Gasteiger partial charge in [-0.15, -0.1) is 0 Å². The third-order valence-corrected chi connectivity index (χ3v) is 4.98. The van der Waals surface area contributed by atoms with Crippen LogP contribution in [0.15, 0.2) is 4.34 Å². The van der Waals surface area contributed by atoms with E-state index in [4.69, 9.17) is 0 Å². The Labute approximate surface area is 99.2 Å². The Kier molecular flexibility index (Phi) is 3.99. The number of hydrogen-bond acceptors (Lipinski definition) is 5. The van der Waals surface area contributed by atoms with Gasteiger partial charge in [0.1, 0.15) is 5.82 Å². The van der Waals surface area contributed by atoms with Crippen molar-refractivity contribution in [3.63, 3.8) is 0 Å². The van der Waals surface area contributed by atoms with E-state index in [2.05, 4.69) is 21.7 Å². The van der Waals surface area contributed by atoms with Crippen LogP contribution in [0.4, 0.5) is 0 Å². The number of nitrogens with zero attached hydrogens (tertiary/aromatic N) is 2. The largest absolute Gasteiger partial charge is 0.317 e. The molecule has 0 aromatic carbocycles. The molecule has 2 unspecified atom stereocenters. The van der Waals surface area contributed by atoms with Gasteiger partial charge < -0.3 is 5.32 Å². The number of aromatic nitrogens is 2. The zero-order valence-corrected chi connectivity index (χ0v) is 10.8. The lowest BCUT2D eigenvalue weighted by Gasteiger charge is -2.27. The first-order valence-corrected chi connectivity index (χ1v) is 7.07. The topological polar surface area (TPSA) is 37.8 Å². The van der Waals surface area contributed by atoms with Gasteiger partial charge in [-0.3, -0.25) is 0 Å². The summed E-state index contributed by atoms with van der Waals surface area (Å²) in [6.07, 6.45) is 5.24. The van der Waals surface area contributed by atoms with Gasteiger partial charge in [0, 0.05) is 11.3 Å². The predicted octanol–water partition coefficient (Wildman–Crippen LogP) is 2.47. The molecule has 15 heavy (non-hydrogen) atoms. The van der Waals surface area contributed by atoms with Crippen molar-refractivity contribution < 1.29 is 0 Å². The molecule has 0 radical (unpaired) electrons. The standard InChI is InChI=1S/C10H17N3S2/c1-7-12-10(15-13-7)14-9-5-3-4-8(6-9)11-2/h8-9,11H,3-6H2,1-2H3. The predicted molar refractivity (Wildman–Crippen MR) is 65.6 cm³/mol. The Balaban J connectivity index is 1.88. The third-order valence-electron chi connectivity index (χ3n) is 2.81. The Morgan fingerprint density at radius 2 is 2.33 bits per heavy atom. The molecule has 3 nitrogen and oxygen atoms in total. The van der Waals surface area contributed by atoms with Crippen molar-refractivity contribution in [1.82, 2.24) is 14.7 Å². The number of thioether (sulfide) groups is 1. The van der Waals surface area contributed by atoms with Crippen LogP contribution in [0.2, 0.25) is 0 Å². The zero-order valence-electron chi connectivity index (χ0n) is 9.19. The summed E-state index contributed by atoms with van der Waals surface area (Å²) in [4.78, 5) is 4.41. The lowest BCUT2D eigenvalue weighted by Crippen LogP contribution is -2.32. The van der Waals surface area contributed by atoms with Crippen LogP contribution in [0.5, 0.6) is 0 Å². The van der Waals surface area contributed by atoms with Gasteiger partial charge in [-0.05, 0) is 44.8 Å². The van der Waals surface area contributed by atoms with Gasteiger partial charge >= 0.3 is 0 Å². The molecular weight excluding hydrogens is 226 g/mol. The molecule has 0 amide bonds. The molecule has 0 saturated heterocycles. The molecule has 1 saturated carbocycles. The second kappa shape index (κ2) is 5.27. The smallest absolute Gasteiger partial charge is 0.170 e. The molecule has 0 spiro atoms. The highest BCUT2D eigenvalue weighted by molar-refractivity contribution is 8.01. The van der Waals surface area contributed by atoms with E-state index in [1.807, 2.05) is 18.7 Å². The van der Waals surface area contributed by atoms with Crippen LogP contribution >= 0.6 is 23.3 Å². The number of aryl methyl sites for hydroxylation is 1. The number of nitrogens with one attached hydrogen (secondary N) is 1. The first-order valence-electron chi connectivity index (χ1n) is 5.42. The van der Waals surface area contributed by atoms with Gasteiger partial charge in [0.25, 0.3) is 0 Å². The summed E-state index contributed by atoms with van der Waals surface area (Å²) in [6.45, 7) is 1.96. The molecule has 2 rings (SSSR count). The van der Waals surface area contributed by atoms with E-state index in [0.29, 0.717) is 6.04 Å². The summed E-state index contributed by atoms with van der Waals surface area (Å²) < 4.78 is 5.35. The molecule has 1 aromatic heterocycles. The highest BCUT2D eigenvalue weighted by atomic mass is 32.2. The van der Waals surface area contributed by atoms with Crippen LogP contribution < -0.4 is 5.32 Å². The summed E-state index contributed by atoms with van der Waals surface area (Å²) in [6, 6.07) is 0.699. The fraction of sp³-hybridized carbons (Fsp3) is 0.800. The first kappa shape index (κ1) is 11.4. The lowest BCUT2D eigenvalue weighted by atomic mass is 9.95. The van der Waals surface area contributed by atoms with E-state index in [1.165, 1.54) is 37.2 Å². The van der Waals surface area contributed by atoms with E-state index in [-0.39, 0.29) is 0 Å². The van der Waals surface area contributed by atoms with Crippen molar-refractivity contribution in [3.8, 4) is 0 Å². The lowest BCUT2D eigenvalue weighted by molar-refractivity contribution is 0.402. The summed E-state index contributed by atoms with van der Waals surface area (Å²) in [7, 11) is 2.06. The second-order valence-corrected chi connectivity index (χ2v) is 6.30. The summed E-state index contributed by atoms with van der Waals surface area (Å²) in [5.74, 6) is 0.906. The van der Waals surface area contributed by atoms with Crippen LogP contribution in [-0.4, -0.2) is 27.7 Å². The maximum Gasteiger partial charge on any atom is 0.170 e. The van der Waals surface area contributed by atoms with Gasteiger partial charge in [0.15, 0.2) is 4.34 Å². The van der Waals surface area contributed by atoms with Crippen molar-refractivity contribution in [1.29, 1.82) is 0 Å². The third kappa shape index (κ3) is 3.16. The molecule has 1 aromatic rings. The molecular formula is C10H17N3S2. The molecule has 1 aliphatic rings. The SMILES string of the molecule is CNC1CCCC(Sc2nc(C)ns2)C1. The average Bonchev–Trinajstić information content (AvgIpc) is 2.64. The Morgan fingerprint density at radius 3 is 3.00 bits per heavy atom. The van der Waals surface area contributed by atoms with Crippen molar-refractivity contribution >= 4 is 23.3 Å². The minimum absolute atomic E-state index is 0.699. The summed E-state index contributed by atoms with van der Waals surface area (Å²) >= 11 is 3.44. The molecule has 1 heterocycles. The van der Waals surface area contributed by atoms with Crippen LogP contribution in [-0.2, 0) is 0 Å². The van der Waals surface area contributed by atoms with E-state index >= 15 is 0 Å². The maximum absolute atomic E-state index is 4.41. The molecule has 0 bridgehead atoms. The van der Waals surface area contributed by atoms with E-state index in [0.717, 1.165) is 15.4 Å². The molecule has 0 aliphatic heterocycles. The number of rotatable bonds is 3. The van der Waals surface area contributed by atoms with Crippen LogP contribution in [0, 0.1) is 6.92 Å². The van der Waals surface area contributed by atoms with Crippen molar-refractivity contribution in [3.05, 3.63) is 5.82 Å². The molecule has 84 valence electrons. The van der Waals surface area contributed by atoms with Crippen molar-refractivity contribution in [2.45, 2.75) is 48.2 Å². The highest BCUT2D eigenvalue weighted by Crippen LogP contribution is 2.34. The molecule has 1 N–H and O–H groups in total. The monoisotopic (exact) mass is 243 g/mol. The molecule has 1 aliphatic carbocycles. The quantitative estimate of drug-likeness (QED) is 0.885. The summed E-state index contributed by atoms with van der Waals surface area (Å²) in [5, 5.41) is 4.10. The van der Waals surface area contributed by atoms with Gasteiger partial charge in [-0.1, -0.05) is 18.2 Å². The van der Waals surface area contributed by atoms with E-state index < -0.39 is 0 Å². The van der Waals surface area contributed by atoms with Gasteiger partial charge in [-0.25, -0.2) is 4.98 Å². The van der Waals surface area contributed by atoms with Gasteiger partial charge in [0.2, 0.25) is 0 Å². The zero-order chi connectivity index (χ0) is 10.7. The van der Waals surface area contributed by atoms with Crippen LogP contribution in [0.25, 0.3) is 0 Å². The van der Waals surface area contributed by atoms with Crippen LogP contribution in [0.3, 0.4) is 0 Å². The fourth-order valence-electron chi connectivity index (χ4n) is 1.98. The normalized spacial score (nSPS) is 26.8. The highest BCUT2D eigenvalue weighted by Gasteiger charge is 2.22. The molecule has 2 atom stereocenters. The van der Waals surface area contributed by atoms with Gasteiger partial charge in [0.05, 0.1) is 0 Å². The maximum atomic E-state index is 4.41. The van der Waals surface area contributed by atoms with Crippen molar-refractivity contribution in [2.75, 3.05) is 7.05 Å². The minimum atomic E-state index is 0.699. The fourth-order valence-corrected chi connectivity index (χ4v) is 4.18. The Bertz CT molecular complexity index is 313. The van der Waals surface area contributed by atoms with Crippen molar-refractivity contribution in [2.24, 2.45) is 0 Å². The average molecular weight is 243 g/mol. The Hall–Kier alpha value is -0.130. The minimum Gasteiger partial charge on any atom is -0.317 e. The molecule has 5 heteroatoms. The summed E-state index contributed by atoms with van der Waals surface area (Å²) in [5.41, 5.74) is 0. The Morgan fingerprint density at radius 1 is 1.47 bits per heavy atom. The first-order chi connectivity index (χ1) is 7.28. The molecule has 1 fully saturated rings.